The van der Waals surface area contributed by atoms with E-state index in [0.717, 1.165) is 0 Å². The maximum Gasteiger partial charge on any atom is 0.508 e. The van der Waals surface area contributed by atoms with Crippen molar-refractivity contribution < 1.29 is 24.2 Å². The average Bonchev–Trinajstić information content (AvgIpc) is 1.98. The van der Waals surface area contributed by atoms with Gasteiger partial charge in [-0.15, -0.1) is 0 Å². The quantitative estimate of drug-likeness (QED) is 0.505. The lowest BCUT2D eigenvalue weighted by Gasteiger charge is -2.19. The summed E-state index contributed by atoms with van der Waals surface area (Å²) in [6, 6.07) is 0. The molecular weight excluding hydrogens is 190 g/mol. The van der Waals surface area contributed by atoms with Crippen molar-refractivity contribution in [1.82, 2.24) is 0 Å². The maximum atomic E-state index is 10.9. The highest BCUT2D eigenvalue weighted by Crippen LogP contribution is 2.08. The van der Waals surface area contributed by atoms with E-state index in [2.05, 4.69) is 9.57 Å². The van der Waals surface area contributed by atoms with Crippen molar-refractivity contribution in [3.05, 3.63) is 0 Å². The second-order valence-electron chi connectivity index (χ2n) is 3.76. The van der Waals surface area contributed by atoms with Crippen LogP contribution in [-0.4, -0.2) is 36.2 Å². The number of hydrogen-bond acceptors (Lipinski definition) is 6. The summed E-state index contributed by atoms with van der Waals surface area (Å²) in [7, 11) is 0. The summed E-state index contributed by atoms with van der Waals surface area (Å²) in [6.45, 7) is 4.85. The van der Waals surface area contributed by atoms with Crippen molar-refractivity contribution in [1.29, 1.82) is 0 Å². The van der Waals surface area contributed by atoms with Gasteiger partial charge in [-0.3, -0.25) is 0 Å². The lowest BCUT2D eigenvalue weighted by molar-refractivity contribution is -0.0419. The summed E-state index contributed by atoms with van der Waals surface area (Å²) < 4.78 is 9.41. The Balaban J connectivity index is 3.64. The first-order valence-electron chi connectivity index (χ1n) is 4.20. The Morgan fingerprint density at radius 3 is 2.43 bits per heavy atom. The van der Waals surface area contributed by atoms with Crippen molar-refractivity contribution in [2.24, 2.45) is 5.90 Å². The van der Waals surface area contributed by atoms with Gasteiger partial charge in [0.2, 0.25) is 0 Å². The van der Waals surface area contributed by atoms with Crippen LogP contribution < -0.4 is 5.90 Å². The van der Waals surface area contributed by atoms with E-state index in [1.54, 1.807) is 20.8 Å². The van der Waals surface area contributed by atoms with Crippen molar-refractivity contribution in [3.8, 4) is 0 Å². The van der Waals surface area contributed by atoms with Crippen molar-refractivity contribution in [2.45, 2.75) is 32.5 Å². The van der Waals surface area contributed by atoms with Crippen LogP contribution >= 0.6 is 0 Å². The van der Waals surface area contributed by atoms with Gasteiger partial charge in [0.1, 0.15) is 18.3 Å². The van der Waals surface area contributed by atoms with Crippen LogP contribution in [0.2, 0.25) is 0 Å². The zero-order chi connectivity index (χ0) is 11.2. The number of carbonyl (C=O) groups excluding carboxylic acids is 1. The molecular formula is C8H17NO5. The fourth-order valence-corrected chi connectivity index (χ4v) is 0.603. The Morgan fingerprint density at radius 2 is 2.00 bits per heavy atom. The minimum Gasteiger partial charge on any atom is -0.431 e. The number of aliphatic hydroxyl groups is 1. The minimum absolute atomic E-state index is 0.0944. The van der Waals surface area contributed by atoms with Gasteiger partial charge < -0.3 is 19.4 Å². The predicted molar refractivity (Wildman–Crippen MR) is 48.3 cm³/mol. The van der Waals surface area contributed by atoms with Crippen LogP contribution in [-0.2, 0) is 14.3 Å². The van der Waals surface area contributed by atoms with E-state index in [0.29, 0.717) is 0 Å². The molecule has 1 unspecified atom stereocenters. The van der Waals surface area contributed by atoms with Crippen LogP contribution in [0.1, 0.15) is 20.8 Å². The van der Waals surface area contributed by atoms with Crippen LogP contribution in [0.5, 0.6) is 0 Å². The molecule has 3 N–H and O–H groups in total. The van der Waals surface area contributed by atoms with E-state index in [-0.39, 0.29) is 13.2 Å². The molecule has 0 fully saturated rings. The fraction of sp³-hybridized carbons (Fsp3) is 0.875. The summed E-state index contributed by atoms with van der Waals surface area (Å²) >= 11 is 0. The molecule has 0 saturated heterocycles. The monoisotopic (exact) mass is 207 g/mol. The summed E-state index contributed by atoms with van der Waals surface area (Å²) in [5.41, 5.74) is -0.605. The molecule has 6 heteroatoms. The van der Waals surface area contributed by atoms with Crippen molar-refractivity contribution in [3.63, 3.8) is 0 Å². The molecule has 0 aromatic carbocycles. The summed E-state index contributed by atoms with van der Waals surface area (Å²) in [5, 5.41) is 9.06. The Morgan fingerprint density at radius 1 is 1.43 bits per heavy atom. The SMILES string of the molecule is CC(C)(C)OC(=O)OCC(O)CON. The van der Waals surface area contributed by atoms with E-state index in [4.69, 9.17) is 15.7 Å². The highest BCUT2D eigenvalue weighted by atomic mass is 16.7. The molecule has 0 saturated carbocycles. The van der Waals surface area contributed by atoms with Crippen LogP contribution in [0.25, 0.3) is 0 Å². The molecule has 0 aliphatic carbocycles. The lowest BCUT2D eigenvalue weighted by Crippen LogP contribution is -2.29. The molecule has 14 heavy (non-hydrogen) atoms. The highest BCUT2D eigenvalue weighted by molar-refractivity contribution is 5.60. The van der Waals surface area contributed by atoms with Gasteiger partial charge in [0.15, 0.2) is 0 Å². The molecule has 0 aliphatic heterocycles. The molecule has 6 nitrogen and oxygen atoms in total. The molecule has 0 aromatic rings. The van der Waals surface area contributed by atoms with E-state index in [1.165, 1.54) is 0 Å². The maximum absolute atomic E-state index is 10.9. The second kappa shape index (κ2) is 5.79. The zero-order valence-corrected chi connectivity index (χ0v) is 8.65. The van der Waals surface area contributed by atoms with Gasteiger partial charge in [-0.2, -0.15) is 0 Å². The molecule has 0 bridgehead atoms. The van der Waals surface area contributed by atoms with Gasteiger partial charge in [0.25, 0.3) is 0 Å². The summed E-state index contributed by atoms with van der Waals surface area (Å²) in [6.07, 6.45) is -1.76. The van der Waals surface area contributed by atoms with Gasteiger partial charge in [-0.1, -0.05) is 0 Å². The highest BCUT2D eigenvalue weighted by Gasteiger charge is 2.18. The van der Waals surface area contributed by atoms with Crippen LogP contribution in [0, 0.1) is 0 Å². The topological polar surface area (TPSA) is 91.0 Å². The summed E-state index contributed by atoms with van der Waals surface area (Å²) in [5.74, 6) is 4.71. The van der Waals surface area contributed by atoms with Gasteiger partial charge in [0, 0.05) is 0 Å². The standard InChI is InChI=1S/C8H17NO5/c1-8(2,3)14-7(11)12-4-6(10)5-13-9/h6,10H,4-5,9H2,1-3H3. The van der Waals surface area contributed by atoms with Gasteiger partial charge in [-0.05, 0) is 20.8 Å². The molecule has 0 radical (unpaired) electrons. The van der Waals surface area contributed by atoms with Crippen molar-refractivity contribution >= 4 is 6.16 Å². The smallest absolute Gasteiger partial charge is 0.431 e. The number of rotatable bonds is 4. The molecule has 0 heterocycles. The predicted octanol–water partition coefficient (Wildman–Crippen LogP) is 0.189. The first-order chi connectivity index (χ1) is 6.35. The van der Waals surface area contributed by atoms with Gasteiger partial charge in [0.05, 0.1) is 6.61 Å². The van der Waals surface area contributed by atoms with E-state index in [9.17, 15) is 4.79 Å². The number of carbonyl (C=O) groups is 1. The van der Waals surface area contributed by atoms with E-state index < -0.39 is 17.9 Å². The average molecular weight is 207 g/mol. The third kappa shape index (κ3) is 7.78. The molecule has 84 valence electrons. The molecule has 0 amide bonds. The number of aliphatic hydroxyl groups excluding tert-OH is 1. The molecule has 0 aliphatic rings. The largest absolute Gasteiger partial charge is 0.508 e. The van der Waals surface area contributed by atoms with Gasteiger partial charge >= 0.3 is 6.16 Å². The number of ether oxygens (including phenoxy) is 2. The summed E-state index contributed by atoms with van der Waals surface area (Å²) in [4.78, 5) is 15.1. The third-order valence-electron chi connectivity index (χ3n) is 1.07. The Kier molecular flexibility index (Phi) is 5.44. The Labute approximate surface area is 82.9 Å². The van der Waals surface area contributed by atoms with E-state index >= 15 is 0 Å². The van der Waals surface area contributed by atoms with Gasteiger partial charge in [-0.25, -0.2) is 10.7 Å². The van der Waals surface area contributed by atoms with Crippen LogP contribution in [0.4, 0.5) is 4.79 Å². The molecule has 0 rings (SSSR count). The molecule has 1 atom stereocenters. The fourth-order valence-electron chi connectivity index (χ4n) is 0.603. The molecule has 0 spiro atoms. The van der Waals surface area contributed by atoms with Crippen LogP contribution in [0.15, 0.2) is 0 Å². The van der Waals surface area contributed by atoms with E-state index in [1.807, 2.05) is 0 Å². The second-order valence-corrected chi connectivity index (χ2v) is 3.76. The molecule has 0 aromatic heterocycles. The third-order valence-corrected chi connectivity index (χ3v) is 1.07. The Bertz CT molecular complexity index is 177. The lowest BCUT2D eigenvalue weighted by atomic mass is 10.2. The number of hydrogen-bond donors (Lipinski definition) is 2. The normalized spacial score (nSPS) is 13.5. The first-order valence-corrected chi connectivity index (χ1v) is 4.20. The van der Waals surface area contributed by atoms with Crippen molar-refractivity contribution in [2.75, 3.05) is 13.2 Å². The Hall–Kier alpha value is -0.850. The van der Waals surface area contributed by atoms with Crippen LogP contribution in [0.3, 0.4) is 0 Å². The first kappa shape index (κ1) is 13.2. The minimum atomic E-state index is -0.937. The zero-order valence-electron chi connectivity index (χ0n) is 8.65. The number of nitrogens with two attached hydrogens (primary N) is 1.